The highest BCUT2D eigenvalue weighted by atomic mass is 16.4. The van der Waals surface area contributed by atoms with E-state index in [0.29, 0.717) is 6.42 Å². The first kappa shape index (κ1) is 8.43. The van der Waals surface area contributed by atoms with Crippen LogP contribution in [0.25, 0.3) is 0 Å². The van der Waals surface area contributed by atoms with E-state index >= 15 is 0 Å². The SMILES string of the molecule is CCCCC([O])C(=O)O. The number of hydrogen-bond donors (Lipinski definition) is 1. The van der Waals surface area contributed by atoms with Gasteiger partial charge in [-0.05, 0) is 6.42 Å². The molecule has 9 heavy (non-hydrogen) atoms. The van der Waals surface area contributed by atoms with E-state index in [4.69, 9.17) is 5.11 Å². The molecule has 1 radical (unpaired) electrons. The van der Waals surface area contributed by atoms with Crippen LogP contribution in [-0.2, 0) is 9.90 Å². The van der Waals surface area contributed by atoms with Gasteiger partial charge in [-0.3, -0.25) is 0 Å². The Morgan fingerprint density at radius 3 is 2.56 bits per heavy atom. The van der Waals surface area contributed by atoms with E-state index in [-0.39, 0.29) is 6.42 Å². The van der Waals surface area contributed by atoms with Gasteiger partial charge < -0.3 is 5.11 Å². The minimum Gasteiger partial charge on any atom is -0.479 e. The lowest BCUT2D eigenvalue weighted by Gasteiger charge is -1.98. The van der Waals surface area contributed by atoms with E-state index < -0.39 is 12.1 Å². The summed E-state index contributed by atoms with van der Waals surface area (Å²) in [4.78, 5) is 9.89. The van der Waals surface area contributed by atoms with Crippen molar-refractivity contribution < 1.29 is 15.0 Å². The number of carboxylic acids is 1. The second-order valence-electron chi connectivity index (χ2n) is 1.97. The van der Waals surface area contributed by atoms with Crippen LogP contribution in [0.15, 0.2) is 0 Å². The summed E-state index contributed by atoms with van der Waals surface area (Å²) in [6.07, 6.45) is 0.433. The zero-order chi connectivity index (χ0) is 7.28. The molecule has 0 aliphatic carbocycles. The summed E-state index contributed by atoms with van der Waals surface area (Å²) in [6.45, 7) is 1.93. The molecule has 3 heteroatoms. The fourth-order valence-corrected chi connectivity index (χ4v) is 0.513. The van der Waals surface area contributed by atoms with Gasteiger partial charge in [0.2, 0.25) is 0 Å². The first-order valence-corrected chi connectivity index (χ1v) is 3.07. The van der Waals surface area contributed by atoms with Gasteiger partial charge in [-0.25, -0.2) is 9.90 Å². The third-order valence-electron chi connectivity index (χ3n) is 1.10. The molecule has 1 unspecified atom stereocenters. The second kappa shape index (κ2) is 4.32. The number of aliphatic carboxylic acids is 1. The average molecular weight is 131 g/mol. The Morgan fingerprint density at radius 2 is 2.22 bits per heavy atom. The van der Waals surface area contributed by atoms with Crippen LogP contribution in [0.5, 0.6) is 0 Å². The number of hydrogen-bond acceptors (Lipinski definition) is 1. The minimum atomic E-state index is -1.41. The monoisotopic (exact) mass is 131 g/mol. The molecule has 0 aromatic carbocycles. The standard InChI is InChI=1S/C6H11O3/c1-2-3-4-5(7)6(8)9/h5H,2-4H2,1H3,(H,8,9). The maximum absolute atomic E-state index is 10.4. The summed E-state index contributed by atoms with van der Waals surface area (Å²) in [5.74, 6) is -1.23. The lowest BCUT2D eigenvalue weighted by atomic mass is 10.2. The van der Waals surface area contributed by atoms with Crippen molar-refractivity contribution in [2.24, 2.45) is 0 Å². The van der Waals surface area contributed by atoms with E-state index in [9.17, 15) is 9.90 Å². The van der Waals surface area contributed by atoms with Crippen LogP contribution in [0.4, 0.5) is 0 Å². The molecule has 0 aromatic rings. The Bertz CT molecular complexity index is 90.3. The van der Waals surface area contributed by atoms with Gasteiger partial charge in [-0.2, -0.15) is 0 Å². The lowest BCUT2D eigenvalue weighted by molar-refractivity contribution is -0.150. The normalized spacial score (nSPS) is 13.1. The molecule has 0 aromatic heterocycles. The van der Waals surface area contributed by atoms with Crippen LogP contribution in [0.3, 0.4) is 0 Å². The van der Waals surface area contributed by atoms with Gasteiger partial charge in [0, 0.05) is 0 Å². The predicted molar refractivity (Wildman–Crippen MR) is 31.6 cm³/mol. The van der Waals surface area contributed by atoms with E-state index in [1.54, 1.807) is 0 Å². The number of carbonyl (C=O) groups is 1. The van der Waals surface area contributed by atoms with Crippen LogP contribution in [0.2, 0.25) is 0 Å². The van der Waals surface area contributed by atoms with E-state index in [2.05, 4.69) is 0 Å². The van der Waals surface area contributed by atoms with Gasteiger partial charge >= 0.3 is 5.97 Å². The molecular formula is C6H11O3. The van der Waals surface area contributed by atoms with Crippen LogP contribution in [-0.4, -0.2) is 17.2 Å². The number of carboxylic acid groups (broad SMARTS) is 1. The highest BCUT2D eigenvalue weighted by Gasteiger charge is 2.12. The van der Waals surface area contributed by atoms with Crippen molar-refractivity contribution in [1.29, 1.82) is 0 Å². The van der Waals surface area contributed by atoms with E-state index in [1.807, 2.05) is 6.92 Å². The summed E-state index contributed by atoms with van der Waals surface area (Å²) < 4.78 is 0. The Morgan fingerprint density at radius 1 is 1.67 bits per heavy atom. The maximum Gasteiger partial charge on any atom is 0.336 e. The molecule has 0 aliphatic heterocycles. The Kier molecular flexibility index (Phi) is 4.05. The lowest BCUT2D eigenvalue weighted by Crippen LogP contribution is -2.17. The fourth-order valence-electron chi connectivity index (χ4n) is 0.513. The number of unbranched alkanes of at least 4 members (excludes halogenated alkanes) is 1. The fraction of sp³-hybridized carbons (Fsp3) is 0.833. The summed E-state index contributed by atoms with van der Waals surface area (Å²) in [6, 6.07) is 0. The van der Waals surface area contributed by atoms with Crippen molar-refractivity contribution in [2.45, 2.75) is 32.3 Å². The van der Waals surface area contributed by atoms with Crippen LogP contribution in [0.1, 0.15) is 26.2 Å². The molecular weight excluding hydrogens is 120 g/mol. The number of rotatable bonds is 4. The predicted octanol–water partition coefficient (Wildman–Crippen LogP) is 1.06. The summed E-state index contributed by atoms with van der Waals surface area (Å²) >= 11 is 0. The largest absolute Gasteiger partial charge is 0.479 e. The third-order valence-corrected chi connectivity index (χ3v) is 1.10. The zero-order valence-corrected chi connectivity index (χ0v) is 5.46. The third kappa shape index (κ3) is 3.97. The van der Waals surface area contributed by atoms with Gasteiger partial charge in [0.25, 0.3) is 0 Å². The molecule has 0 fully saturated rings. The van der Waals surface area contributed by atoms with Crippen molar-refractivity contribution in [3.8, 4) is 0 Å². The van der Waals surface area contributed by atoms with Gasteiger partial charge in [-0.15, -0.1) is 0 Å². The zero-order valence-electron chi connectivity index (χ0n) is 5.46. The van der Waals surface area contributed by atoms with Crippen LogP contribution < -0.4 is 0 Å². The van der Waals surface area contributed by atoms with Crippen LogP contribution >= 0.6 is 0 Å². The quantitative estimate of drug-likeness (QED) is 0.620. The van der Waals surface area contributed by atoms with Crippen molar-refractivity contribution in [1.82, 2.24) is 0 Å². The first-order valence-electron chi connectivity index (χ1n) is 3.07. The highest BCUT2D eigenvalue weighted by Crippen LogP contribution is 1.99. The van der Waals surface area contributed by atoms with Crippen molar-refractivity contribution in [3.05, 3.63) is 0 Å². The molecule has 0 saturated heterocycles. The smallest absolute Gasteiger partial charge is 0.336 e. The maximum atomic E-state index is 10.4. The van der Waals surface area contributed by atoms with Crippen LogP contribution in [0, 0.1) is 0 Å². The summed E-state index contributed by atoms with van der Waals surface area (Å²) in [7, 11) is 0. The topological polar surface area (TPSA) is 57.2 Å². The van der Waals surface area contributed by atoms with Gasteiger partial charge in [0.05, 0.1) is 0 Å². The minimum absolute atomic E-state index is 0.256. The highest BCUT2D eigenvalue weighted by molar-refractivity contribution is 5.71. The molecule has 0 rings (SSSR count). The molecule has 0 spiro atoms. The van der Waals surface area contributed by atoms with Gasteiger partial charge in [0.1, 0.15) is 0 Å². The van der Waals surface area contributed by atoms with Crippen molar-refractivity contribution in [3.63, 3.8) is 0 Å². The molecule has 0 amide bonds. The molecule has 0 saturated carbocycles. The summed E-state index contributed by atoms with van der Waals surface area (Å²) in [5.41, 5.74) is 0. The first-order chi connectivity index (χ1) is 4.18. The Balaban J connectivity index is 3.27. The molecule has 3 nitrogen and oxygen atoms in total. The van der Waals surface area contributed by atoms with Gasteiger partial charge in [-0.1, -0.05) is 19.8 Å². The van der Waals surface area contributed by atoms with Crippen molar-refractivity contribution in [2.75, 3.05) is 0 Å². The second-order valence-corrected chi connectivity index (χ2v) is 1.97. The molecule has 53 valence electrons. The van der Waals surface area contributed by atoms with E-state index in [0.717, 1.165) is 6.42 Å². The van der Waals surface area contributed by atoms with Gasteiger partial charge in [0.15, 0.2) is 6.10 Å². The molecule has 0 aliphatic rings. The molecule has 0 bridgehead atoms. The molecule has 1 atom stereocenters. The van der Waals surface area contributed by atoms with E-state index in [1.165, 1.54) is 0 Å². The Hall–Kier alpha value is -0.570. The summed E-state index contributed by atoms with van der Waals surface area (Å²) in [5, 5.41) is 18.5. The average Bonchev–Trinajstić information content (AvgIpc) is 1.82. The Labute approximate surface area is 54.3 Å². The molecule has 1 N–H and O–H groups in total. The van der Waals surface area contributed by atoms with Crippen molar-refractivity contribution >= 4 is 5.97 Å². The molecule has 0 heterocycles.